The van der Waals surface area contributed by atoms with Crippen LogP contribution < -0.4 is 9.80 Å². The SMILES string of the molecule is CN(C)c1ccc(-c2ccc(CN(C(=O)C3CCC(O)CC3)c3cnnc(C=CC(=O)O)c3)cn2)cc1. The Morgan fingerprint density at radius 1 is 1.00 bits per heavy atom. The molecule has 1 amide bonds. The molecule has 0 unspecified atom stereocenters. The highest BCUT2D eigenvalue weighted by Gasteiger charge is 2.30. The molecule has 0 atom stereocenters. The number of hydrogen-bond acceptors (Lipinski definition) is 7. The van der Waals surface area contributed by atoms with E-state index >= 15 is 0 Å². The molecule has 0 aliphatic heterocycles. The molecule has 1 aromatic carbocycles. The highest BCUT2D eigenvalue weighted by molar-refractivity contribution is 5.95. The van der Waals surface area contributed by atoms with Crippen LogP contribution in [-0.2, 0) is 16.1 Å². The Bertz CT molecular complexity index is 1250. The summed E-state index contributed by atoms with van der Waals surface area (Å²) in [5, 5.41) is 26.8. The Morgan fingerprint density at radius 3 is 2.35 bits per heavy atom. The van der Waals surface area contributed by atoms with Crippen molar-refractivity contribution in [1.29, 1.82) is 0 Å². The number of aliphatic carboxylic acids is 1. The van der Waals surface area contributed by atoms with Crippen molar-refractivity contribution < 1.29 is 19.8 Å². The van der Waals surface area contributed by atoms with E-state index in [0.29, 0.717) is 37.1 Å². The maximum Gasteiger partial charge on any atom is 0.328 e. The van der Waals surface area contributed by atoms with Gasteiger partial charge in [-0.05, 0) is 61.6 Å². The second kappa shape index (κ2) is 11.7. The van der Waals surface area contributed by atoms with E-state index in [4.69, 9.17) is 5.11 Å². The summed E-state index contributed by atoms with van der Waals surface area (Å²) in [5.74, 6) is -1.36. The van der Waals surface area contributed by atoms with E-state index in [1.165, 1.54) is 12.3 Å². The number of benzene rings is 1. The number of rotatable bonds is 8. The molecule has 3 aromatic rings. The smallest absolute Gasteiger partial charge is 0.328 e. The van der Waals surface area contributed by atoms with Crippen LogP contribution in [0.5, 0.6) is 0 Å². The number of nitrogens with zero attached hydrogens (tertiary/aromatic N) is 5. The number of amides is 1. The number of carbonyl (C=O) groups is 2. The zero-order valence-electron chi connectivity index (χ0n) is 21.0. The van der Waals surface area contributed by atoms with Crippen LogP contribution in [0.4, 0.5) is 11.4 Å². The summed E-state index contributed by atoms with van der Waals surface area (Å²) in [6.07, 6.45) is 7.63. The van der Waals surface area contributed by atoms with Crippen molar-refractivity contribution in [3.05, 3.63) is 72.2 Å². The third-order valence-corrected chi connectivity index (χ3v) is 6.52. The van der Waals surface area contributed by atoms with E-state index in [0.717, 1.165) is 28.6 Å². The summed E-state index contributed by atoms with van der Waals surface area (Å²) in [4.78, 5) is 32.9. The summed E-state index contributed by atoms with van der Waals surface area (Å²) in [7, 11) is 3.99. The van der Waals surface area contributed by atoms with Crippen molar-refractivity contribution in [2.45, 2.75) is 38.3 Å². The molecule has 37 heavy (non-hydrogen) atoms. The standard InChI is InChI=1S/C28H31N5O4/c1-32(2)23-9-4-20(5-10-23)26-13-3-19(16-29-26)18-33(28(37)21-6-11-25(34)12-7-21)24-15-22(31-30-17-24)8-14-27(35)36/h3-5,8-10,13-17,21,25,34H,6-7,11-12,18H2,1-2H3,(H,35,36). The van der Waals surface area contributed by atoms with Gasteiger partial charge in [0.25, 0.3) is 0 Å². The Labute approximate surface area is 216 Å². The Morgan fingerprint density at radius 2 is 1.73 bits per heavy atom. The predicted octanol–water partition coefficient (Wildman–Crippen LogP) is 3.79. The van der Waals surface area contributed by atoms with Crippen molar-refractivity contribution >= 4 is 29.3 Å². The summed E-state index contributed by atoms with van der Waals surface area (Å²) < 4.78 is 0. The monoisotopic (exact) mass is 501 g/mol. The molecule has 0 radical (unpaired) electrons. The number of aromatic nitrogens is 3. The number of anilines is 2. The fraction of sp³-hybridized carbons (Fsp3) is 0.321. The van der Waals surface area contributed by atoms with Gasteiger partial charge in [0, 0.05) is 43.5 Å². The minimum atomic E-state index is -1.09. The van der Waals surface area contributed by atoms with Crippen LogP contribution in [0, 0.1) is 5.92 Å². The first-order valence-corrected chi connectivity index (χ1v) is 12.3. The van der Waals surface area contributed by atoms with Gasteiger partial charge in [0.15, 0.2) is 0 Å². The van der Waals surface area contributed by atoms with Gasteiger partial charge >= 0.3 is 5.97 Å². The molecule has 1 aliphatic rings. The summed E-state index contributed by atoms with van der Waals surface area (Å²) in [6, 6.07) is 13.7. The lowest BCUT2D eigenvalue weighted by molar-refractivity contribution is -0.131. The van der Waals surface area contributed by atoms with Gasteiger partial charge in [-0.25, -0.2) is 4.79 Å². The molecule has 192 valence electrons. The fourth-order valence-electron chi connectivity index (χ4n) is 4.40. The Balaban J connectivity index is 1.59. The number of hydrogen-bond donors (Lipinski definition) is 2. The maximum atomic E-state index is 13.6. The van der Waals surface area contributed by atoms with E-state index in [9.17, 15) is 14.7 Å². The highest BCUT2D eigenvalue weighted by atomic mass is 16.4. The van der Waals surface area contributed by atoms with Crippen LogP contribution in [0.15, 0.2) is 60.9 Å². The van der Waals surface area contributed by atoms with E-state index in [1.54, 1.807) is 17.2 Å². The molecule has 4 rings (SSSR count). The third-order valence-electron chi connectivity index (χ3n) is 6.52. The summed E-state index contributed by atoms with van der Waals surface area (Å²) in [6.45, 7) is 0.276. The van der Waals surface area contributed by atoms with Crippen molar-refractivity contribution in [3.63, 3.8) is 0 Å². The second-order valence-electron chi connectivity index (χ2n) is 9.43. The lowest BCUT2D eigenvalue weighted by atomic mass is 9.86. The molecule has 2 N–H and O–H groups in total. The molecule has 1 saturated carbocycles. The molecule has 0 bridgehead atoms. The first kappa shape index (κ1) is 26.0. The van der Waals surface area contributed by atoms with Crippen molar-refractivity contribution in [2.24, 2.45) is 5.92 Å². The van der Waals surface area contributed by atoms with Crippen LogP contribution in [0.25, 0.3) is 17.3 Å². The zero-order chi connectivity index (χ0) is 26.4. The lowest BCUT2D eigenvalue weighted by Gasteiger charge is -2.30. The van der Waals surface area contributed by atoms with Crippen molar-refractivity contribution in [1.82, 2.24) is 15.2 Å². The fourth-order valence-corrected chi connectivity index (χ4v) is 4.40. The summed E-state index contributed by atoms with van der Waals surface area (Å²) >= 11 is 0. The first-order valence-electron chi connectivity index (χ1n) is 12.3. The third kappa shape index (κ3) is 6.77. The van der Waals surface area contributed by atoms with Crippen molar-refractivity contribution in [3.8, 4) is 11.3 Å². The molecule has 9 heteroatoms. The molecule has 0 saturated heterocycles. The molecular weight excluding hydrogens is 470 g/mol. The van der Waals surface area contributed by atoms with Crippen LogP contribution in [0.3, 0.4) is 0 Å². The molecule has 1 aliphatic carbocycles. The molecule has 2 heterocycles. The number of carboxylic acid groups (broad SMARTS) is 1. The average Bonchev–Trinajstić information content (AvgIpc) is 2.91. The van der Waals surface area contributed by atoms with Gasteiger partial charge in [-0.1, -0.05) is 18.2 Å². The summed E-state index contributed by atoms with van der Waals surface area (Å²) in [5.41, 5.74) is 4.65. The van der Waals surface area contributed by atoms with Gasteiger partial charge < -0.3 is 20.0 Å². The van der Waals surface area contributed by atoms with Gasteiger partial charge in [-0.15, -0.1) is 0 Å². The van der Waals surface area contributed by atoms with Crippen LogP contribution >= 0.6 is 0 Å². The number of aliphatic hydroxyl groups is 1. The number of aliphatic hydroxyl groups excluding tert-OH is 1. The minimum absolute atomic E-state index is 0.0589. The molecule has 9 nitrogen and oxygen atoms in total. The van der Waals surface area contributed by atoms with Gasteiger partial charge in [0.2, 0.25) is 5.91 Å². The lowest BCUT2D eigenvalue weighted by Crippen LogP contribution is -2.38. The van der Waals surface area contributed by atoms with Gasteiger partial charge in [0.1, 0.15) is 0 Å². The van der Waals surface area contributed by atoms with E-state index in [-0.39, 0.29) is 24.5 Å². The number of carboxylic acids is 1. The number of pyridine rings is 1. The van der Waals surface area contributed by atoms with Crippen LogP contribution in [0.2, 0.25) is 0 Å². The topological polar surface area (TPSA) is 120 Å². The largest absolute Gasteiger partial charge is 0.478 e. The molecule has 1 fully saturated rings. The molecule has 2 aromatic heterocycles. The molecule has 0 spiro atoms. The predicted molar refractivity (Wildman–Crippen MR) is 142 cm³/mol. The maximum absolute atomic E-state index is 13.6. The van der Waals surface area contributed by atoms with E-state index in [1.807, 2.05) is 55.4 Å². The van der Waals surface area contributed by atoms with E-state index < -0.39 is 5.97 Å². The number of carbonyl (C=O) groups excluding carboxylic acids is 1. The van der Waals surface area contributed by atoms with Crippen molar-refractivity contribution in [2.75, 3.05) is 23.9 Å². The Kier molecular flexibility index (Phi) is 8.25. The normalized spacial score (nSPS) is 17.5. The molecular formula is C28H31N5O4. The van der Waals surface area contributed by atoms with Crippen LogP contribution in [-0.4, -0.2) is 57.5 Å². The van der Waals surface area contributed by atoms with Gasteiger partial charge in [-0.3, -0.25) is 9.78 Å². The average molecular weight is 502 g/mol. The van der Waals surface area contributed by atoms with Crippen LogP contribution in [0.1, 0.15) is 36.9 Å². The van der Waals surface area contributed by atoms with E-state index in [2.05, 4.69) is 15.2 Å². The van der Waals surface area contributed by atoms with Gasteiger partial charge in [-0.2, -0.15) is 10.2 Å². The Hall–Kier alpha value is -4.11. The minimum Gasteiger partial charge on any atom is -0.478 e. The highest BCUT2D eigenvalue weighted by Crippen LogP contribution is 2.29. The zero-order valence-corrected chi connectivity index (χ0v) is 21.0. The quantitative estimate of drug-likeness (QED) is 0.448. The first-order chi connectivity index (χ1) is 17.8. The van der Waals surface area contributed by atoms with Gasteiger partial charge in [0.05, 0.1) is 35.9 Å². The second-order valence-corrected chi connectivity index (χ2v) is 9.43.